The van der Waals surface area contributed by atoms with Crippen LogP contribution < -0.4 is 5.32 Å². The summed E-state index contributed by atoms with van der Waals surface area (Å²) in [7, 11) is 1.65. The van der Waals surface area contributed by atoms with Crippen LogP contribution >= 0.6 is 0 Å². The van der Waals surface area contributed by atoms with Gasteiger partial charge in [-0.05, 0) is 19.4 Å². The molecule has 6 nitrogen and oxygen atoms in total. The van der Waals surface area contributed by atoms with Gasteiger partial charge in [0.15, 0.2) is 0 Å². The zero-order valence-electron chi connectivity index (χ0n) is 11.0. The van der Waals surface area contributed by atoms with Crippen molar-refractivity contribution in [2.75, 3.05) is 19.0 Å². The molecular formula is C12H19N3O3. The van der Waals surface area contributed by atoms with Crippen LogP contribution in [0.3, 0.4) is 0 Å². The van der Waals surface area contributed by atoms with Gasteiger partial charge >= 0.3 is 0 Å². The number of aryl methyl sites for hydroxylation is 1. The molecule has 0 aliphatic carbocycles. The summed E-state index contributed by atoms with van der Waals surface area (Å²) in [5.41, 5.74) is 0.643. The van der Waals surface area contributed by atoms with Crippen molar-refractivity contribution in [3.05, 3.63) is 27.9 Å². The number of methoxy groups -OCH3 is 1. The Morgan fingerprint density at radius 3 is 2.83 bits per heavy atom. The quantitative estimate of drug-likeness (QED) is 0.596. The van der Waals surface area contributed by atoms with E-state index >= 15 is 0 Å². The van der Waals surface area contributed by atoms with E-state index in [2.05, 4.69) is 17.2 Å². The molecule has 0 spiro atoms. The zero-order valence-corrected chi connectivity index (χ0v) is 11.0. The van der Waals surface area contributed by atoms with Crippen LogP contribution in [0.25, 0.3) is 0 Å². The van der Waals surface area contributed by atoms with Gasteiger partial charge in [-0.25, -0.2) is 4.98 Å². The summed E-state index contributed by atoms with van der Waals surface area (Å²) in [6, 6.07) is 1.87. The third-order valence-corrected chi connectivity index (χ3v) is 2.64. The molecule has 1 atom stereocenters. The van der Waals surface area contributed by atoms with Crippen LogP contribution in [-0.4, -0.2) is 29.7 Å². The fourth-order valence-corrected chi connectivity index (χ4v) is 1.77. The average Bonchev–Trinajstić information content (AvgIpc) is 2.29. The van der Waals surface area contributed by atoms with E-state index in [4.69, 9.17) is 4.74 Å². The third-order valence-electron chi connectivity index (χ3n) is 2.64. The number of rotatable bonds is 7. The summed E-state index contributed by atoms with van der Waals surface area (Å²) < 4.78 is 5.12. The summed E-state index contributed by atoms with van der Waals surface area (Å²) in [4.78, 5) is 14.3. The van der Waals surface area contributed by atoms with Crippen LogP contribution in [-0.2, 0) is 4.74 Å². The fourth-order valence-electron chi connectivity index (χ4n) is 1.77. The molecule has 1 heterocycles. The predicted molar refractivity (Wildman–Crippen MR) is 69.8 cm³/mol. The second-order valence-electron chi connectivity index (χ2n) is 4.20. The van der Waals surface area contributed by atoms with Gasteiger partial charge < -0.3 is 10.1 Å². The Morgan fingerprint density at radius 2 is 2.33 bits per heavy atom. The minimum absolute atomic E-state index is 0.0410. The maximum absolute atomic E-state index is 10.7. The molecule has 0 aliphatic rings. The lowest BCUT2D eigenvalue weighted by atomic mass is 10.1. The largest absolute Gasteiger partial charge is 0.383 e. The average molecular weight is 253 g/mol. The predicted octanol–water partition coefficient (Wildman–Crippen LogP) is 2.53. The smallest absolute Gasteiger partial charge is 0.290 e. The van der Waals surface area contributed by atoms with Gasteiger partial charge in [0.05, 0.1) is 17.6 Å². The molecule has 1 aromatic rings. The molecule has 1 unspecified atom stereocenters. The topological polar surface area (TPSA) is 77.3 Å². The maximum Gasteiger partial charge on any atom is 0.290 e. The monoisotopic (exact) mass is 253 g/mol. The van der Waals surface area contributed by atoms with Gasteiger partial charge in [0.2, 0.25) is 0 Å². The molecule has 100 valence electrons. The fraction of sp³-hybridized carbons (Fsp3) is 0.583. The lowest BCUT2D eigenvalue weighted by Crippen LogP contribution is -2.25. The molecule has 0 fully saturated rings. The first-order valence-electron chi connectivity index (χ1n) is 5.95. The number of nitro groups is 1. The molecule has 6 heteroatoms. The molecule has 18 heavy (non-hydrogen) atoms. The van der Waals surface area contributed by atoms with Crippen molar-refractivity contribution < 1.29 is 9.66 Å². The number of hydrogen-bond donors (Lipinski definition) is 1. The van der Waals surface area contributed by atoms with Crippen molar-refractivity contribution in [1.82, 2.24) is 4.98 Å². The number of hydrogen-bond acceptors (Lipinski definition) is 5. The lowest BCUT2D eigenvalue weighted by molar-refractivity contribution is -0.385. The Kier molecular flexibility index (Phi) is 5.51. The van der Waals surface area contributed by atoms with E-state index in [1.165, 1.54) is 6.20 Å². The lowest BCUT2D eigenvalue weighted by Gasteiger charge is -2.17. The van der Waals surface area contributed by atoms with Crippen molar-refractivity contribution in [3.8, 4) is 0 Å². The van der Waals surface area contributed by atoms with E-state index in [-0.39, 0.29) is 11.7 Å². The number of nitrogens with zero attached hydrogens (tertiary/aromatic N) is 2. The molecule has 0 aliphatic heterocycles. The van der Waals surface area contributed by atoms with Gasteiger partial charge in [0.25, 0.3) is 5.69 Å². The van der Waals surface area contributed by atoms with Crippen LogP contribution in [0, 0.1) is 17.0 Å². The summed E-state index contributed by atoms with van der Waals surface area (Å²) in [6.45, 7) is 4.39. The van der Waals surface area contributed by atoms with E-state index in [1.807, 2.05) is 0 Å². The first-order valence-corrected chi connectivity index (χ1v) is 5.95. The highest BCUT2D eigenvalue weighted by Crippen LogP contribution is 2.19. The minimum atomic E-state index is -0.426. The summed E-state index contributed by atoms with van der Waals surface area (Å²) in [5.74, 6) is 0.647. The van der Waals surface area contributed by atoms with Gasteiger partial charge in [-0.2, -0.15) is 0 Å². The highest BCUT2D eigenvalue weighted by Gasteiger charge is 2.13. The molecule has 0 radical (unpaired) electrons. The number of anilines is 1. The van der Waals surface area contributed by atoms with Gasteiger partial charge in [0.1, 0.15) is 12.0 Å². The molecule has 0 bridgehead atoms. The maximum atomic E-state index is 10.7. The Labute approximate surface area is 107 Å². The molecule has 0 saturated carbocycles. The van der Waals surface area contributed by atoms with Crippen LogP contribution in [0.2, 0.25) is 0 Å². The molecule has 1 aromatic heterocycles. The zero-order chi connectivity index (χ0) is 13.5. The molecule has 0 amide bonds. The van der Waals surface area contributed by atoms with E-state index in [0.29, 0.717) is 18.0 Å². The normalized spacial score (nSPS) is 12.2. The molecule has 1 rings (SSSR count). The third kappa shape index (κ3) is 3.96. The Bertz CT molecular complexity index is 404. The van der Waals surface area contributed by atoms with E-state index < -0.39 is 4.92 Å². The van der Waals surface area contributed by atoms with Crippen molar-refractivity contribution >= 4 is 11.5 Å². The highest BCUT2D eigenvalue weighted by atomic mass is 16.6. The summed E-state index contributed by atoms with van der Waals surface area (Å²) in [6.07, 6.45) is 3.28. The number of aromatic nitrogens is 1. The molecule has 1 N–H and O–H groups in total. The van der Waals surface area contributed by atoms with E-state index in [1.54, 1.807) is 20.1 Å². The van der Waals surface area contributed by atoms with Gasteiger partial charge in [-0.15, -0.1) is 0 Å². The van der Waals surface area contributed by atoms with Gasteiger partial charge in [-0.3, -0.25) is 10.1 Å². The first kappa shape index (κ1) is 14.4. The number of nitrogens with one attached hydrogen (secondary N) is 1. The van der Waals surface area contributed by atoms with Crippen LogP contribution in [0.4, 0.5) is 11.5 Å². The molecule has 0 aromatic carbocycles. The highest BCUT2D eigenvalue weighted by molar-refractivity contribution is 5.47. The SMILES string of the molecule is CCCC(COC)Nc1cc(C)c([N+](=O)[O-])cn1. The second kappa shape index (κ2) is 6.90. The minimum Gasteiger partial charge on any atom is -0.383 e. The Hall–Kier alpha value is -1.69. The van der Waals surface area contributed by atoms with Crippen LogP contribution in [0.15, 0.2) is 12.3 Å². The van der Waals surface area contributed by atoms with Gasteiger partial charge in [0, 0.05) is 12.7 Å². The first-order chi connectivity index (χ1) is 8.58. The van der Waals surface area contributed by atoms with E-state index in [9.17, 15) is 10.1 Å². The summed E-state index contributed by atoms with van der Waals surface area (Å²) in [5, 5.41) is 13.9. The van der Waals surface area contributed by atoms with Crippen molar-refractivity contribution in [3.63, 3.8) is 0 Å². The standard InChI is InChI=1S/C12H19N3O3/c1-4-5-10(8-18-3)14-12-6-9(2)11(7-13-12)15(16)17/h6-7,10H,4-5,8H2,1-3H3,(H,13,14). The molecule has 0 saturated heterocycles. The number of ether oxygens (including phenoxy) is 1. The van der Waals surface area contributed by atoms with Crippen LogP contribution in [0.5, 0.6) is 0 Å². The number of pyridine rings is 1. The van der Waals surface area contributed by atoms with Crippen molar-refractivity contribution in [2.45, 2.75) is 32.7 Å². The summed E-state index contributed by atoms with van der Waals surface area (Å²) >= 11 is 0. The Morgan fingerprint density at radius 1 is 1.61 bits per heavy atom. The van der Waals surface area contributed by atoms with Gasteiger partial charge in [-0.1, -0.05) is 13.3 Å². The second-order valence-corrected chi connectivity index (χ2v) is 4.20. The van der Waals surface area contributed by atoms with Crippen molar-refractivity contribution in [1.29, 1.82) is 0 Å². The van der Waals surface area contributed by atoms with Crippen molar-refractivity contribution in [2.24, 2.45) is 0 Å². The van der Waals surface area contributed by atoms with E-state index in [0.717, 1.165) is 12.8 Å². The van der Waals surface area contributed by atoms with Crippen LogP contribution in [0.1, 0.15) is 25.3 Å². The Balaban J connectivity index is 2.77. The molecular weight excluding hydrogens is 234 g/mol.